The largest absolute Gasteiger partial charge is 0.368 e. The lowest BCUT2D eigenvalue weighted by atomic mass is 10.1. The van der Waals surface area contributed by atoms with E-state index in [0.717, 1.165) is 29.4 Å². The molecule has 18 heavy (non-hydrogen) atoms. The fourth-order valence-corrected chi connectivity index (χ4v) is 2.51. The summed E-state index contributed by atoms with van der Waals surface area (Å²) in [6, 6.07) is 6.58. The van der Waals surface area contributed by atoms with E-state index in [1.54, 1.807) is 0 Å². The molecule has 1 rings (SSSR count). The summed E-state index contributed by atoms with van der Waals surface area (Å²) in [5.41, 5.74) is 7.79. The molecule has 2 N–H and O–H groups in total. The van der Waals surface area contributed by atoms with Gasteiger partial charge >= 0.3 is 0 Å². The van der Waals surface area contributed by atoms with Gasteiger partial charge in [0.1, 0.15) is 0 Å². The van der Waals surface area contributed by atoms with Crippen molar-refractivity contribution in [3.8, 4) is 0 Å². The maximum atomic E-state index is 6.22. The Morgan fingerprint density at radius 1 is 1.33 bits per heavy atom. The Morgan fingerprint density at radius 3 is 2.44 bits per heavy atom. The van der Waals surface area contributed by atoms with Crippen molar-refractivity contribution in [1.82, 2.24) is 4.90 Å². The molecule has 0 aliphatic carbocycles. The van der Waals surface area contributed by atoms with Crippen molar-refractivity contribution >= 4 is 17.3 Å². The zero-order valence-electron chi connectivity index (χ0n) is 11.8. The molecule has 0 spiro atoms. The predicted molar refractivity (Wildman–Crippen MR) is 80.4 cm³/mol. The summed E-state index contributed by atoms with van der Waals surface area (Å²) in [7, 11) is 4.18. The molecular weight excluding hydrogens is 246 g/mol. The van der Waals surface area contributed by atoms with E-state index in [-0.39, 0.29) is 0 Å². The number of rotatable bonds is 6. The highest BCUT2D eigenvalue weighted by Gasteiger charge is 2.14. The van der Waals surface area contributed by atoms with Crippen molar-refractivity contribution in [2.75, 3.05) is 32.1 Å². The Labute approximate surface area is 116 Å². The standard InChI is InChI=1S/C14H24ClN3/c1-5-18(11(2)10-17(3)4)13-7-6-12(9-16)14(15)8-13/h6-8,11H,5,9-10,16H2,1-4H3. The van der Waals surface area contributed by atoms with Crippen LogP contribution in [0.15, 0.2) is 18.2 Å². The third-order valence-electron chi connectivity index (χ3n) is 3.09. The van der Waals surface area contributed by atoms with Crippen LogP contribution < -0.4 is 10.6 Å². The van der Waals surface area contributed by atoms with Crippen LogP contribution in [0.25, 0.3) is 0 Å². The monoisotopic (exact) mass is 269 g/mol. The van der Waals surface area contributed by atoms with Crippen LogP contribution in [-0.4, -0.2) is 38.1 Å². The maximum absolute atomic E-state index is 6.22. The van der Waals surface area contributed by atoms with E-state index in [4.69, 9.17) is 17.3 Å². The minimum absolute atomic E-state index is 0.449. The average molecular weight is 270 g/mol. The zero-order valence-corrected chi connectivity index (χ0v) is 12.5. The SMILES string of the molecule is CCN(c1ccc(CN)c(Cl)c1)C(C)CN(C)C. The first-order valence-corrected chi connectivity index (χ1v) is 6.77. The van der Waals surface area contributed by atoms with Gasteiger partial charge in [-0.05, 0) is 45.6 Å². The van der Waals surface area contributed by atoms with Gasteiger partial charge in [-0.15, -0.1) is 0 Å². The topological polar surface area (TPSA) is 32.5 Å². The molecule has 0 amide bonds. The van der Waals surface area contributed by atoms with Crippen LogP contribution in [0.4, 0.5) is 5.69 Å². The van der Waals surface area contributed by atoms with Crippen LogP contribution in [0.5, 0.6) is 0 Å². The van der Waals surface area contributed by atoms with Gasteiger partial charge in [-0.1, -0.05) is 17.7 Å². The Bertz CT molecular complexity index is 379. The van der Waals surface area contributed by atoms with E-state index < -0.39 is 0 Å². The molecule has 3 nitrogen and oxygen atoms in total. The quantitative estimate of drug-likeness (QED) is 0.862. The summed E-state index contributed by atoms with van der Waals surface area (Å²) in [6.07, 6.45) is 0. The van der Waals surface area contributed by atoms with E-state index >= 15 is 0 Å². The first kappa shape index (κ1) is 15.3. The Morgan fingerprint density at radius 2 is 2.00 bits per heavy atom. The fraction of sp³-hybridized carbons (Fsp3) is 0.571. The third kappa shape index (κ3) is 3.87. The Kier molecular flexibility index (Phi) is 5.93. The van der Waals surface area contributed by atoms with E-state index in [1.165, 1.54) is 0 Å². The number of halogens is 1. The molecule has 1 aromatic carbocycles. The molecule has 102 valence electrons. The predicted octanol–water partition coefficient (Wildman–Crippen LogP) is 2.58. The van der Waals surface area contributed by atoms with E-state index in [1.807, 2.05) is 12.1 Å². The van der Waals surface area contributed by atoms with Crippen LogP contribution in [0.1, 0.15) is 19.4 Å². The maximum Gasteiger partial charge on any atom is 0.0471 e. The van der Waals surface area contributed by atoms with Crippen LogP contribution in [0.2, 0.25) is 5.02 Å². The molecule has 0 saturated heterocycles. The molecule has 0 aromatic heterocycles. The summed E-state index contributed by atoms with van der Waals surface area (Å²) in [4.78, 5) is 4.55. The van der Waals surface area contributed by atoms with Gasteiger partial charge in [0.25, 0.3) is 0 Å². The van der Waals surface area contributed by atoms with Crippen molar-refractivity contribution in [3.63, 3.8) is 0 Å². The van der Waals surface area contributed by atoms with Crippen LogP contribution >= 0.6 is 11.6 Å². The zero-order chi connectivity index (χ0) is 13.7. The number of anilines is 1. The lowest BCUT2D eigenvalue weighted by Gasteiger charge is -2.32. The minimum atomic E-state index is 0.449. The minimum Gasteiger partial charge on any atom is -0.368 e. The number of nitrogens with zero attached hydrogens (tertiary/aromatic N) is 2. The van der Waals surface area contributed by atoms with E-state index in [2.05, 4.69) is 43.8 Å². The molecule has 0 saturated carbocycles. The van der Waals surface area contributed by atoms with Gasteiger partial charge < -0.3 is 15.5 Å². The first-order valence-electron chi connectivity index (χ1n) is 6.39. The second-order valence-electron chi connectivity index (χ2n) is 4.88. The van der Waals surface area contributed by atoms with Crippen molar-refractivity contribution < 1.29 is 0 Å². The Balaban J connectivity index is 2.91. The second kappa shape index (κ2) is 6.98. The lowest BCUT2D eigenvalue weighted by Crippen LogP contribution is -2.40. The van der Waals surface area contributed by atoms with Crippen molar-refractivity contribution in [3.05, 3.63) is 28.8 Å². The molecule has 1 atom stereocenters. The van der Waals surface area contributed by atoms with Gasteiger partial charge in [0.05, 0.1) is 0 Å². The third-order valence-corrected chi connectivity index (χ3v) is 3.44. The van der Waals surface area contributed by atoms with Crippen molar-refractivity contribution in [2.24, 2.45) is 5.73 Å². The van der Waals surface area contributed by atoms with E-state index in [9.17, 15) is 0 Å². The Hall–Kier alpha value is -0.770. The summed E-state index contributed by atoms with van der Waals surface area (Å²) >= 11 is 6.22. The summed E-state index contributed by atoms with van der Waals surface area (Å²) in [5.74, 6) is 0. The van der Waals surface area contributed by atoms with Gasteiger partial charge in [0, 0.05) is 36.4 Å². The van der Waals surface area contributed by atoms with Gasteiger partial charge in [0.15, 0.2) is 0 Å². The number of nitrogens with two attached hydrogens (primary N) is 1. The van der Waals surface area contributed by atoms with Crippen LogP contribution in [0.3, 0.4) is 0 Å². The second-order valence-corrected chi connectivity index (χ2v) is 5.28. The fourth-order valence-electron chi connectivity index (χ4n) is 2.26. The molecule has 0 radical (unpaired) electrons. The first-order chi connectivity index (χ1) is 8.49. The molecule has 4 heteroatoms. The number of hydrogen-bond acceptors (Lipinski definition) is 3. The molecule has 1 unspecified atom stereocenters. The van der Waals surface area contributed by atoms with Gasteiger partial charge in [0.2, 0.25) is 0 Å². The number of benzene rings is 1. The molecule has 0 heterocycles. The van der Waals surface area contributed by atoms with Gasteiger partial charge in [-0.25, -0.2) is 0 Å². The summed E-state index contributed by atoms with van der Waals surface area (Å²) < 4.78 is 0. The summed E-state index contributed by atoms with van der Waals surface area (Å²) in [6.45, 7) is 6.86. The average Bonchev–Trinajstić information content (AvgIpc) is 2.29. The number of likely N-dealkylation sites (N-methyl/N-ethyl adjacent to an activating group) is 2. The lowest BCUT2D eigenvalue weighted by molar-refractivity contribution is 0.373. The smallest absolute Gasteiger partial charge is 0.0471 e. The molecule has 1 aromatic rings. The van der Waals surface area contributed by atoms with Crippen molar-refractivity contribution in [2.45, 2.75) is 26.4 Å². The van der Waals surface area contributed by atoms with Crippen LogP contribution in [-0.2, 0) is 6.54 Å². The number of hydrogen-bond donors (Lipinski definition) is 1. The highest BCUT2D eigenvalue weighted by molar-refractivity contribution is 6.31. The van der Waals surface area contributed by atoms with Crippen molar-refractivity contribution in [1.29, 1.82) is 0 Å². The normalized spacial score (nSPS) is 12.8. The molecule has 0 aliphatic heterocycles. The summed E-state index contributed by atoms with van der Waals surface area (Å²) in [5, 5.41) is 0.755. The highest BCUT2D eigenvalue weighted by Crippen LogP contribution is 2.24. The van der Waals surface area contributed by atoms with Gasteiger partial charge in [-0.2, -0.15) is 0 Å². The van der Waals surface area contributed by atoms with Crippen LogP contribution in [0, 0.1) is 0 Å². The van der Waals surface area contributed by atoms with E-state index in [0.29, 0.717) is 12.6 Å². The molecule has 0 bridgehead atoms. The molecular formula is C14H24ClN3. The van der Waals surface area contributed by atoms with Gasteiger partial charge in [-0.3, -0.25) is 0 Å². The molecule has 0 fully saturated rings. The highest BCUT2D eigenvalue weighted by atomic mass is 35.5. The molecule has 0 aliphatic rings.